The maximum Gasteiger partial charge on any atom is 0.441 e. The number of hydrogen-bond donors (Lipinski definition) is 0. The molecule has 1 atom stereocenters. The van der Waals surface area contributed by atoms with Gasteiger partial charge in [0.1, 0.15) is 0 Å². The molecule has 0 saturated carbocycles. The lowest BCUT2D eigenvalue weighted by molar-refractivity contribution is 0.107. The molecule has 0 radical (unpaired) electrons. The highest BCUT2D eigenvalue weighted by Gasteiger charge is 2.22. The van der Waals surface area contributed by atoms with E-state index >= 15 is 0 Å². The van der Waals surface area contributed by atoms with E-state index in [-0.39, 0.29) is 11.8 Å². The molecule has 0 N–H and O–H groups in total. The largest absolute Gasteiger partial charge is 0.441 e. The number of rotatable bonds is 3. The van der Waals surface area contributed by atoms with Crippen LogP contribution in [0.2, 0.25) is 0 Å². The summed E-state index contributed by atoms with van der Waals surface area (Å²) in [6.07, 6.45) is 3.97. The molecule has 0 spiro atoms. The van der Waals surface area contributed by atoms with Crippen LogP contribution in [0, 0.1) is 0 Å². The first-order valence-corrected chi connectivity index (χ1v) is 5.47. The molecule has 0 aliphatic carbocycles. The Labute approximate surface area is 88.0 Å². The molecule has 0 bridgehead atoms. The first kappa shape index (κ1) is 10.4. The van der Waals surface area contributed by atoms with E-state index < -0.39 is 0 Å². The third-order valence-electron chi connectivity index (χ3n) is 2.77. The van der Waals surface area contributed by atoms with Crippen LogP contribution < -0.4 is 5.76 Å². The van der Waals surface area contributed by atoms with E-state index in [0.717, 1.165) is 31.5 Å². The van der Waals surface area contributed by atoms with Crippen LogP contribution in [0.5, 0.6) is 0 Å². The van der Waals surface area contributed by atoms with Crippen molar-refractivity contribution in [3.05, 3.63) is 16.4 Å². The lowest BCUT2D eigenvalue weighted by Gasteiger charge is -2.15. The van der Waals surface area contributed by atoms with Crippen LogP contribution >= 0.6 is 0 Å². The van der Waals surface area contributed by atoms with Crippen molar-refractivity contribution in [2.75, 3.05) is 13.2 Å². The summed E-state index contributed by atoms with van der Waals surface area (Å²) in [7, 11) is 0. The van der Waals surface area contributed by atoms with Crippen LogP contribution in [0.4, 0.5) is 0 Å². The summed E-state index contributed by atoms with van der Waals surface area (Å²) >= 11 is 0. The van der Waals surface area contributed by atoms with Crippen molar-refractivity contribution < 1.29 is 9.26 Å². The predicted octanol–water partition coefficient (Wildman–Crippen LogP) is 1.14. The van der Waals surface area contributed by atoms with Crippen molar-refractivity contribution in [3.8, 4) is 0 Å². The van der Waals surface area contributed by atoms with Gasteiger partial charge in [0, 0.05) is 13.0 Å². The summed E-state index contributed by atoms with van der Waals surface area (Å²) in [5.41, 5.74) is 0. The lowest BCUT2D eigenvalue weighted by atomic mass is 10.1. The Morgan fingerprint density at radius 2 is 2.47 bits per heavy atom. The van der Waals surface area contributed by atoms with Crippen molar-refractivity contribution in [2.45, 2.75) is 38.6 Å². The first-order chi connectivity index (χ1) is 7.33. The second-order valence-electron chi connectivity index (χ2n) is 3.79. The molecule has 1 aliphatic heterocycles. The minimum Gasteiger partial charge on any atom is -0.380 e. The Kier molecular flexibility index (Phi) is 3.20. The summed E-state index contributed by atoms with van der Waals surface area (Å²) in [5, 5.41) is 3.79. The maximum absolute atomic E-state index is 11.5. The number of aromatic nitrogens is 2. The van der Waals surface area contributed by atoms with Crippen LogP contribution in [0.25, 0.3) is 0 Å². The molecule has 15 heavy (non-hydrogen) atoms. The fraction of sp³-hybridized carbons (Fsp3) is 0.800. The van der Waals surface area contributed by atoms with Crippen molar-refractivity contribution in [1.82, 2.24) is 9.72 Å². The molecule has 0 saturated heterocycles. The Balaban J connectivity index is 2.23. The van der Waals surface area contributed by atoms with Crippen LogP contribution in [0.3, 0.4) is 0 Å². The van der Waals surface area contributed by atoms with E-state index in [1.54, 1.807) is 4.57 Å². The average molecular weight is 212 g/mol. The quantitative estimate of drug-likeness (QED) is 0.754. The molecule has 0 amide bonds. The molecule has 1 aromatic rings. The van der Waals surface area contributed by atoms with E-state index in [1.807, 2.05) is 6.92 Å². The van der Waals surface area contributed by atoms with Crippen LogP contribution in [0.15, 0.2) is 9.32 Å². The standard InChI is InChI=1S/C10H16N2O3/c1-2-14-7-8-5-3-4-6-9-11-15-10(13)12(8)9/h8H,2-7H2,1H3. The summed E-state index contributed by atoms with van der Waals surface area (Å²) in [6, 6.07) is 0.0983. The van der Waals surface area contributed by atoms with Crippen LogP contribution in [-0.2, 0) is 11.2 Å². The molecule has 1 aliphatic rings. The Morgan fingerprint density at radius 3 is 3.27 bits per heavy atom. The van der Waals surface area contributed by atoms with E-state index in [9.17, 15) is 4.79 Å². The minimum atomic E-state index is -0.350. The number of fused-ring (bicyclic) bond motifs is 1. The third-order valence-corrected chi connectivity index (χ3v) is 2.77. The second-order valence-corrected chi connectivity index (χ2v) is 3.79. The molecule has 2 heterocycles. The van der Waals surface area contributed by atoms with Gasteiger partial charge in [-0.1, -0.05) is 11.6 Å². The molecule has 1 unspecified atom stereocenters. The third kappa shape index (κ3) is 2.12. The molecule has 5 heteroatoms. The molecular weight excluding hydrogens is 196 g/mol. The van der Waals surface area contributed by atoms with Gasteiger partial charge in [0.2, 0.25) is 0 Å². The molecule has 5 nitrogen and oxygen atoms in total. The predicted molar refractivity (Wildman–Crippen MR) is 53.8 cm³/mol. The molecule has 0 fully saturated rings. The summed E-state index contributed by atoms with van der Waals surface area (Å²) in [5.74, 6) is 0.416. The minimum absolute atomic E-state index is 0.0983. The Hall–Kier alpha value is -1.10. The molecule has 84 valence electrons. The lowest BCUT2D eigenvalue weighted by Crippen LogP contribution is -2.25. The van der Waals surface area contributed by atoms with Crippen LogP contribution in [0.1, 0.15) is 38.1 Å². The highest BCUT2D eigenvalue weighted by Crippen LogP contribution is 2.21. The van der Waals surface area contributed by atoms with Crippen molar-refractivity contribution in [2.24, 2.45) is 0 Å². The van der Waals surface area contributed by atoms with Gasteiger partial charge < -0.3 is 4.74 Å². The van der Waals surface area contributed by atoms with E-state index in [4.69, 9.17) is 4.74 Å². The number of nitrogens with zero attached hydrogens (tertiary/aromatic N) is 2. The van der Waals surface area contributed by atoms with Crippen molar-refractivity contribution >= 4 is 0 Å². The van der Waals surface area contributed by atoms with E-state index in [2.05, 4.69) is 9.68 Å². The normalized spacial score (nSPS) is 21.0. The van der Waals surface area contributed by atoms with Gasteiger partial charge in [0.15, 0.2) is 5.82 Å². The highest BCUT2D eigenvalue weighted by atomic mass is 16.5. The summed E-state index contributed by atoms with van der Waals surface area (Å²) in [6.45, 7) is 3.20. The highest BCUT2D eigenvalue weighted by molar-refractivity contribution is 4.91. The summed E-state index contributed by atoms with van der Waals surface area (Å²) < 4.78 is 11.7. The number of hydrogen-bond acceptors (Lipinski definition) is 4. The first-order valence-electron chi connectivity index (χ1n) is 5.47. The van der Waals surface area contributed by atoms with Gasteiger partial charge >= 0.3 is 5.76 Å². The van der Waals surface area contributed by atoms with E-state index in [0.29, 0.717) is 13.2 Å². The van der Waals surface area contributed by atoms with Gasteiger partial charge in [-0.2, -0.15) is 0 Å². The zero-order valence-electron chi connectivity index (χ0n) is 8.94. The summed E-state index contributed by atoms with van der Waals surface area (Å²) in [4.78, 5) is 11.5. The average Bonchev–Trinajstić information content (AvgIpc) is 2.50. The number of aryl methyl sites for hydroxylation is 1. The number of ether oxygens (including phenoxy) is 1. The van der Waals surface area contributed by atoms with Gasteiger partial charge in [-0.3, -0.25) is 9.09 Å². The van der Waals surface area contributed by atoms with Crippen molar-refractivity contribution in [3.63, 3.8) is 0 Å². The van der Waals surface area contributed by atoms with Crippen molar-refractivity contribution in [1.29, 1.82) is 0 Å². The Bertz CT molecular complexity index is 369. The topological polar surface area (TPSA) is 57.3 Å². The zero-order valence-corrected chi connectivity index (χ0v) is 8.94. The molecule has 2 rings (SSSR count). The molecule has 0 aromatic carbocycles. The smallest absolute Gasteiger partial charge is 0.380 e. The molecule has 1 aromatic heterocycles. The fourth-order valence-electron chi connectivity index (χ4n) is 2.01. The van der Waals surface area contributed by atoms with E-state index in [1.165, 1.54) is 0 Å². The second kappa shape index (κ2) is 4.61. The van der Waals surface area contributed by atoms with Crippen LogP contribution in [-0.4, -0.2) is 22.9 Å². The van der Waals surface area contributed by atoms with Gasteiger partial charge in [-0.05, 0) is 19.8 Å². The van der Waals surface area contributed by atoms with Gasteiger partial charge in [0.25, 0.3) is 0 Å². The van der Waals surface area contributed by atoms with Gasteiger partial charge in [-0.15, -0.1) is 0 Å². The van der Waals surface area contributed by atoms with Gasteiger partial charge in [0.05, 0.1) is 12.6 Å². The molecular formula is C10H16N2O3. The monoisotopic (exact) mass is 212 g/mol. The zero-order chi connectivity index (χ0) is 10.7. The van der Waals surface area contributed by atoms with Gasteiger partial charge in [-0.25, -0.2) is 4.79 Å². The fourth-order valence-corrected chi connectivity index (χ4v) is 2.01. The SMILES string of the molecule is CCOCC1CCCCc2noc(=O)n21. The maximum atomic E-state index is 11.5. The Morgan fingerprint density at radius 1 is 1.60 bits per heavy atom.